The normalized spacial score (nSPS) is 12.3. The molecule has 4 heteroatoms. The van der Waals surface area contributed by atoms with Crippen molar-refractivity contribution in [2.45, 2.75) is 25.3 Å². The van der Waals surface area contributed by atoms with Crippen LogP contribution in [0, 0.1) is 0 Å². The molecule has 102 valence electrons. The van der Waals surface area contributed by atoms with Crippen molar-refractivity contribution in [2.75, 3.05) is 6.61 Å². The molecule has 0 aliphatic rings. The van der Waals surface area contributed by atoms with E-state index in [9.17, 15) is 0 Å². The summed E-state index contributed by atoms with van der Waals surface area (Å²) in [6, 6.07) is 9.98. The van der Waals surface area contributed by atoms with Gasteiger partial charge in [0.15, 0.2) is 0 Å². The minimum Gasteiger partial charge on any atom is -0.494 e. The molecule has 0 radical (unpaired) electrons. The van der Waals surface area contributed by atoms with Crippen molar-refractivity contribution in [2.24, 2.45) is 12.8 Å². The lowest BCUT2D eigenvalue weighted by Gasteiger charge is -2.12. The number of nitrogens with two attached hydrogens (primary N) is 1. The fourth-order valence-electron chi connectivity index (χ4n) is 1.94. The summed E-state index contributed by atoms with van der Waals surface area (Å²) in [6.45, 7) is 0.658. The molecule has 0 aliphatic heterocycles. The van der Waals surface area contributed by atoms with Crippen molar-refractivity contribution >= 4 is 0 Å². The highest BCUT2D eigenvalue weighted by atomic mass is 16.5. The van der Waals surface area contributed by atoms with E-state index in [-0.39, 0.29) is 6.04 Å². The van der Waals surface area contributed by atoms with Gasteiger partial charge in [-0.3, -0.25) is 0 Å². The van der Waals surface area contributed by atoms with Crippen LogP contribution in [0.1, 0.15) is 18.7 Å². The van der Waals surface area contributed by atoms with Crippen LogP contribution < -0.4 is 10.5 Å². The van der Waals surface area contributed by atoms with Gasteiger partial charge in [0.2, 0.25) is 0 Å². The van der Waals surface area contributed by atoms with E-state index in [2.05, 4.69) is 4.98 Å². The first-order valence-corrected chi connectivity index (χ1v) is 6.65. The summed E-state index contributed by atoms with van der Waals surface area (Å²) in [6.07, 6.45) is 6.48. The van der Waals surface area contributed by atoms with Gasteiger partial charge < -0.3 is 15.0 Å². The maximum Gasteiger partial charge on any atom is 0.119 e. The zero-order valence-electron chi connectivity index (χ0n) is 11.3. The Kier molecular flexibility index (Phi) is 4.98. The highest BCUT2D eigenvalue weighted by molar-refractivity contribution is 5.20. The molecule has 1 unspecified atom stereocenters. The third-order valence-corrected chi connectivity index (χ3v) is 3.16. The molecule has 0 amide bonds. The predicted octanol–water partition coefficient (Wildman–Crippen LogP) is 2.15. The molecule has 4 nitrogen and oxygen atoms in total. The zero-order chi connectivity index (χ0) is 13.5. The number of imidazole rings is 1. The number of hydrogen-bond donors (Lipinski definition) is 1. The Hall–Kier alpha value is -1.81. The van der Waals surface area contributed by atoms with E-state index in [1.54, 1.807) is 0 Å². The number of ether oxygens (including phenoxy) is 1. The number of benzene rings is 1. The SMILES string of the molecule is Cn1ccnc1CCC(N)CCOc1ccccc1. The van der Waals surface area contributed by atoms with E-state index >= 15 is 0 Å². The van der Waals surface area contributed by atoms with Crippen LogP contribution in [0.4, 0.5) is 0 Å². The number of aromatic nitrogens is 2. The Morgan fingerprint density at radius 2 is 2.05 bits per heavy atom. The monoisotopic (exact) mass is 259 g/mol. The van der Waals surface area contributed by atoms with Gasteiger partial charge in [0, 0.05) is 31.9 Å². The number of para-hydroxylation sites is 1. The van der Waals surface area contributed by atoms with Gasteiger partial charge in [0.25, 0.3) is 0 Å². The van der Waals surface area contributed by atoms with Crippen molar-refractivity contribution in [1.82, 2.24) is 9.55 Å². The molecule has 1 aromatic heterocycles. The van der Waals surface area contributed by atoms with Crippen LogP contribution in [-0.4, -0.2) is 22.2 Å². The second-order valence-corrected chi connectivity index (χ2v) is 4.70. The molecule has 1 atom stereocenters. The number of aryl methyl sites for hydroxylation is 2. The van der Waals surface area contributed by atoms with Crippen LogP contribution >= 0.6 is 0 Å². The molecule has 2 N–H and O–H groups in total. The third kappa shape index (κ3) is 4.41. The van der Waals surface area contributed by atoms with E-state index in [0.717, 1.165) is 30.8 Å². The summed E-state index contributed by atoms with van der Waals surface area (Å²) >= 11 is 0. The number of rotatable bonds is 7. The molecule has 1 aromatic carbocycles. The van der Waals surface area contributed by atoms with Crippen molar-refractivity contribution < 1.29 is 4.74 Å². The third-order valence-electron chi connectivity index (χ3n) is 3.16. The molecule has 0 saturated heterocycles. The zero-order valence-corrected chi connectivity index (χ0v) is 11.3. The smallest absolute Gasteiger partial charge is 0.119 e. The molecule has 0 aliphatic carbocycles. The standard InChI is InChI=1S/C15H21N3O/c1-18-11-10-17-15(18)8-7-13(16)9-12-19-14-5-3-2-4-6-14/h2-6,10-11,13H,7-9,12,16H2,1H3. The second-order valence-electron chi connectivity index (χ2n) is 4.70. The molecule has 2 rings (SSSR count). The van der Waals surface area contributed by atoms with Crippen LogP contribution in [0.3, 0.4) is 0 Å². The van der Waals surface area contributed by atoms with Crippen LogP contribution in [0.15, 0.2) is 42.7 Å². The van der Waals surface area contributed by atoms with Crippen molar-refractivity contribution in [3.8, 4) is 5.75 Å². The number of hydrogen-bond acceptors (Lipinski definition) is 3. The summed E-state index contributed by atoms with van der Waals surface area (Å²) < 4.78 is 7.67. The van der Waals surface area contributed by atoms with Gasteiger partial charge >= 0.3 is 0 Å². The Labute approximate surface area is 114 Å². The van der Waals surface area contributed by atoms with Crippen molar-refractivity contribution in [3.05, 3.63) is 48.5 Å². The van der Waals surface area contributed by atoms with Crippen molar-refractivity contribution in [1.29, 1.82) is 0 Å². The summed E-state index contributed by atoms with van der Waals surface area (Å²) in [7, 11) is 2.01. The Morgan fingerprint density at radius 3 is 2.74 bits per heavy atom. The molecular formula is C15H21N3O. The van der Waals surface area contributed by atoms with Crippen LogP contribution in [0.5, 0.6) is 5.75 Å². The Morgan fingerprint density at radius 1 is 1.26 bits per heavy atom. The molecule has 0 saturated carbocycles. The lowest BCUT2D eigenvalue weighted by Crippen LogP contribution is -2.23. The average molecular weight is 259 g/mol. The average Bonchev–Trinajstić information content (AvgIpc) is 2.83. The van der Waals surface area contributed by atoms with Gasteiger partial charge in [-0.25, -0.2) is 4.98 Å². The maximum atomic E-state index is 6.09. The van der Waals surface area contributed by atoms with Gasteiger partial charge in [-0.2, -0.15) is 0 Å². The van der Waals surface area contributed by atoms with Gasteiger partial charge in [0.05, 0.1) is 6.61 Å². The number of nitrogens with zero attached hydrogens (tertiary/aromatic N) is 2. The van der Waals surface area contributed by atoms with Gasteiger partial charge in [0.1, 0.15) is 11.6 Å². The second kappa shape index (κ2) is 6.95. The molecule has 0 fully saturated rings. The molecule has 19 heavy (non-hydrogen) atoms. The lowest BCUT2D eigenvalue weighted by molar-refractivity contribution is 0.294. The highest BCUT2D eigenvalue weighted by Gasteiger charge is 2.06. The van der Waals surface area contributed by atoms with Crippen LogP contribution in [0.25, 0.3) is 0 Å². The Bertz CT molecular complexity index is 481. The topological polar surface area (TPSA) is 53.1 Å². The van der Waals surface area contributed by atoms with Crippen LogP contribution in [0.2, 0.25) is 0 Å². The van der Waals surface area contributed by atoms with E-state index in [0.29, 0.717) is 6.61 Å². The lowest BCUT2D eigenvalue weighted by atomic mass is 10.1. The predicted molar refractivity (Wildman–Crippen MR) is 76.1 cm³/mol. The largest absolute Gasteiger partial charge is 0.494 e. The van der Waals surface area contributed by atoms with Crippen molar-refractivity contribution in [3.63, 3.8) is 0 Å². The van der Waals surface area contributed by atoms with E-state index < -0.39 is 0 Å². The summed E-state index contributed by atoms with van der Waals surface area (Å²) in [5.41, 5.74) is 6.09. The van der Waals surface area contributed by atoms with Crippen LogP contribution in [-0.2, 0) is 13.5 Å². The summed E-state index contributed by atoms with van der Waals surface area (Å²) in [4.78, 5) is 4.29. The molecule has 2 aromatic rings. The molecule has 1 heterocycles. The van der Waals surface area contributed by atoms with E-state index in [1.165, 1.54) is 0 Å². The van der Waals surface area contributed by atoms with Gasteiger partial charge in [-0.15, -0.1) is 0 Å². The van der Waals surface area contributed by atoms with E-state index in [1.807, 2.05) is 54.3 Å². The fourth-order valence-corrected chi connectivity index (χ4v) is 1.94. The minimum absolute atomic E-state index is 0.153. The maximum absolute atomic E-state index is 6.09. The molecular weight excluding hydrogens is 238 g/mol. The fraction of sp³-hybridized carbons (Fsp3) is 0.400. The summed E-state index contributed by atoms with van der Waals surface area (Å²) in [5, 5.41) is 0. The minimum atomic E-state index is 0.153. The quantitative estimate of drug-likeness (QED) is 0.829. The molecule has 0 bridgehead atoms. The van der Waals surface area contributed by atoms with E-state index in [4.69, 9.17) is 10.5 Å². The molecule has 0 spiro atoms. The first-order valence-electron chi connectivity index (χ1n) is 6.65. The summed E-state index contributed by atoms with van der Waals surface area (Å²) in [5.74, 6) is 1.98. The van der Waals surface area contributed by atoms with Gasteiger partial charge in [-0.05, 0) is 25.0 Å². The van der Waals surface area contributed by atoms with Gasteiger partial charge in [-0.1, -0.05) is 18.2 Å². The highest BCUT2D eigenvalue weighted by Crippen LogP contribution is 2.09. The Balaban J connectivity index is 1.65. The first-order chi connectivity index (χ1) is 9.25. The first kappa shape index (κ1) is 13.6.